The lowest BCUT2D eigenvalue weighted by Crippen LogP contribution is -2.14. The van der Waals surface area contributed by atoms with Crippen LogP contribution in [0.4, 0.5) is 0 Å². The molecule has 1 unspecified atom stereocenters. The molecule has 0 aromatic heterocycles. The third-order valence-corrected chi connectivity index (χ3v) is 3.00. The SMILES string of the molecule is CCCCNCc1ccc2c(c1)CC(C)O2. The standard InChI is InChI=1S/C14H21NO/c1-3-4-7-15-10-12-5-6-14-13(9-12)8-11(2)16-14/h5-6,9,11,15H,3-4,7-8,10H2,1-2H3. The number of hydrogen-bond acceptors (Lipinski definition) is 2. The second-order valence-corrected chi connectivity index (χ2v) is 4.60. The average Bonchev–Trinajstić information content (AvgIpc) is 2.64. The van der Waals surface area contributed by atoms with Crippen molar-refractivity contribution in [2.24, 2.45) is 0 Å². The molecule has 0 bridgehead atoms. The van der Waals surface area contributed by atoms with Gasteiger partial charge in [0.1, 0.15) is 11.9 Å². The van der Waals surface area contributed by atoms with E-state index in [0.717, 1.165) is 25.3 Å². The van der Waals surface area contributed by atoms with E-state index in [9.17, 15) is 0 Å². The molecular formula is C14H21NO. The van der Waals surface area contributed by atoms with Crippen molar-refractivity contribution >= 4 is 0 Å². The Bertz CT molecular complexity index is 349. The highest BCUT2D eigenvalue weighted by Crippen LogP contribution is 2.29. The molecule has 1 aromatic rings. The van der Waals surface area contributed by atoms with Crippen molar-refractivity contribution in [1.29, 1.82) is 0 Å². The molecule has 1 atom stereocenters. The maximum absolute atomic E-state index is 5.68. The maximum atomic E-state index is 5.68. The van der Waals surface area contributed by atoms with Gasteiger partial charge in [0.05, 0.1) is 0 Å². The van der Waals surface area contributed by atoms with Crippen LogP contribution >= 0.6 is 0 Å². The Morgan fingerprint density at radius 3 is 3.12 bits per heavy atom. The molecule has 1 N–H and O–H groups in total. The summed E-state index contributed by atoms with van der Waals surface area (Å²) >= 11 is 0. The normalized spacial score (nSPS) is 18.2. The van der Waals surface area contributed by atoms with Gasteiger partial charge in [0.2, 0.25) is 0 Å². The first kappa shape index (κ1) is 11.5. The van der Waals surface area contributed by atoms with Gasteiger partial charge in [-0.05, 0) is 37.1 Å². The largest absolute Gasteiger partial charge is 0.490 e. The molecule has 0 spiro atoms. The van der Waals surface area contributed by atoms with Gasteiger partial charge < -0.3 is 10.1 Å². The summed E-state index contributed by atoms with van der Waals surface area (Å²) in [7, 11) is 0. The molecule has 0 radical (unpaired) electrons. The molecule has 1 aliphatic rings. The van der Waals surface area contributed by atoms with Gasteiger partial charge in [-0.2, -0.15) is 0 Å². The van der Waals surface area contributed by atoms with Gasteiger partial charge in [0.25, 0.3) is 0 Å². The van der Waals surface area contributed by atoms with Crippen molar-refractivity contribution < 1.29 is 4.74 Å². The molecule has 0 saturated carbocycles. The van der Waals surface area contributed by atoms with Crippen LogP contribution in [0.15, 0.2) is 18.2 Å². The Labute approximate surface area is 98.0 Å². The van der Waals surface area contributed by atoms with E-state index in [0.29, 0.717) is 6.10 Å². The van der Waals surface area contributed by atoms with Crippen molar-refractivity contribution in [3.8, 4) is 5.75 Å². The molecule has 1 heterocycles. The van der Waals surface area contributed by atoms with Crippen LogP contribution in [-0.4, -0.2) is 12.6 Å². The zero-order chi connectivity index (χ0) is 11.4. The van der Waals surface area contributed by atoms with Crippen LogP contribution in [0, 0.1) is 0 Å². The first-order valence-electron chi connectivity index (χ1n) is 6.28. The minimum Gasteiger partial charge on any atom is -0.490 e. The molecule has 2 heteroatoms. The molecular weight excluding hydrogens is 198 g/mol. The lowest BCUT2D eigenvalue weighted by atomic mass is 10.1. The molecule has 88 valence electrons. The van der Waals surface area contributed by atoms with Crippen LogP contribution in [0.5, 0.6) is 5.75 Å². The second kappa shape index (κ2) is 5.35. The molecule has 2 rings (SSSR count). The fourth-order valence-electron chi connectivity index (χ4n) is 2.12. The van der Waals surface area contributed by atoms with E-state index < -0.39 is 0 Å². The van der Waals surface area contributed by atoms with E-state index in [-0.39, 0.29) is 0 Å². The van der Waals surface area contributed by atoms with Gasteiger partial charge in [-0.25, -0.2) is 0 Å². The van der Waals surface area contributed by atoms with E-state index in [1.54, 1.807) is 0 Å². The van der Waals surface area contributed by atoms with Crippen molar-refractivity contribution in [2.45, 2.75) is 45.8 Å². The van der Waals surface area contributed by atoms with Crippen LogP contribution in [0.3, 0.4) is 0 Å². The molecule has 16 heavy (non-hydrogen) atoms. The summed E-state index contributed by atoms with van der Waals surface area (Å²) in [5.41, 5.74) is 2.73. The third kappa shape index (κ3) is 2.76. The molecule has 0 fully saturated rings. The maximum Gasteiger partial charge on any atom is 0.123 e. The lowest BCUT2D eigenvalue weighted by Gasteiger charge is -2.06. The van der Waals surface area contributed by atoms with E-state index in [2.05, 4.69) is 37.4 Å². The zero-order valence-corrected chi connectivity index (χ0v) is 10.3. The number of benzene rings is 1. The highest BCUT2D eigenvalue weighted by Gasteiger charge is 2.18. The van der Waals surface area contributed by atoms with E-state index in [4.69, 9.17) is 4.74 Å². The van der Waals surface area contributed by atoms with Crippen LogP contribution in [0.2, 0.25) is 0 Å². The van der Waals surface area contributed by atoms with Crippen molar-refractivity contribution in [3.05, 3.63) is 29.3 Å². The highest BCUT2D eigenvalue weighted by atomic mass is 16.5. The van der Waals surface area contributed by atoms with E-state index >= 15 is 0 Å². The van der Waals surface area contributed by atoms with E-state index in [1.165, 1.54) is 24.0 Å². The summed E-state index contributed by atoms with van der Waals surface area (Å²) in [6.07, 6.45) is 3.91. The Morgan fingerprint density at radius 1 is 1.44 bits per heavy atom. The summed E-state index contributed by atoms with van der Waals surface area (Å²) < 4.78 is 5.68. The van der Waals surface area contributed by atoms with Gasteiger partial charge >= 0.3 is 0 Å². The summed E-state index contributed by atoms with van der Waals surface area (Å²) in [5, 5.41) is 3.46. The summed E-state index contributed by atoms with van der Waals surface area (Å²) in [4.78, 5) is 0. The number of fused-ring (bicyclic) bond motifs is 1. The first-order valence-corrected chi connectivity index (χ1v) is 6.28. The van der Waals surface area contributed by atoms with Crippen molar-refractivity contribution in [3.63, 3.8) is 0 Å². The summed E-state index contributed by atoms with van der Waals surface area (Å²) in [6.45, 7) is 6.43. The number of unbranched alkanes of at least 4 members (excludes halogenated alkanes) is 1. The van der Waals surface area contributed by atoms with Gasteiger partial charge in [-0.1, -0.05) is 25.5 Å². The van der Waals surface area contributed by atoms with Crippen molar-refractivity contribution in [1.82, 2.24) is 5.32 Å². The van der Waals surface area contributed by atoms with Gasteiger partial charge in [-0.15, -0.1) is 0 Å². The van der Waals surface area contributed by atoms with Crippen LogP contribution in [-0.2, 0) is 13.0 Å². The minimum absolute atomic E-state index is 0.346. The Morgan fingerprint density at radius 2 is 2.31 bits per heavy atom. The van der Waals surface area contributed by atoms with Gasteiger partial charge in [0.15, 0.2) is 0 Å². The fraction of sp³-hybridized carbons (Fsp3) is 0.571. The average molecular weight is 219 g/mol. The number of ether oxygens (including phenoxy) is 1. The fourth-order valence-corrected chi connectivity index (χ4v) is 2.12. The van der Waals surface area contributed by atoms with Crippen LogP contribution < -0.4 is 10.1 Å². The third-order valence-electron chi connectivity index (χ3n) is 3.00. The van der Waals surface area contributed by atoms with E-state index in [1.807, 2.05) is 0 Å². The number of nitrogens with one attached hydrogen (secondary N) is 1. The number of rotatable bonds is 5. The number of hydrogen-bond donors (Lipinski definition) is 1. The minimum atomic E-state index is 0.346. The Balaban J connectivity index is 1.90. The second-order valence-electron chi connectivity index (χ2n) is 4.60. The molecule has 2 nitrogen and oxygen atoms in total. The van der Waals surface area contributed by atoms with Crippen LogP contribution in [0.25, 0.3) is 0 Å². The Hall–Kier alpha value is -1.02. The van der Waals surface area contributed by atoms with Gasteiger partial charge in [-0.3, -0.25) is 0 Å². The predicted octanol–water partition coefficient (Wildman–Crippen LogP) is 2.90. The molecule has 0 amide bonds. The molecule has 0 saturated heterocycles. The monoisotopic (exact) mass is 219 g/mol. The Kier molecular flexibility index (Phi) is 3.83. The molecule has 1 aliphatic heterocycles. The highest BCUT2D eigenvalue weighted by molar-refractivity contribution is 5.40. The lowest BCUT2D eigenvalue weighted by molar-refractivity contribution is 0.254. The van der Waals surface area contributed by atoms with Crippen LogP contribution in [0.1, 0.15) is 37.8 Å². The first-order chi connectivity index (χ1) is 7.79. The smallest absolute Gasteiger partial charge is 0.123 e. The van der Waals surface area contributed by atoms with Crippen molar-refractivity contribution in [2.75, 3.05) is 6.54 Å². The predicted molar refractivity (Wildman–Crippen MR) is 66.9 cm³/mol. The quantitative estimate of drug-likeness (QED) is 0.769. The molecule has 0 aliphatic carbocycles. The topological polar surface area (TPSA) is 21.3 Å². The summed E-state index contributed by atoms with van der Waals surface area (Å²) in [5.74, 6) is 1.07. The summed E-state index contributed by atoms with van der Waals surface area (Å²) in [6, 6.07) is 6.54. The zero-order valence-electron chi connectivity index (χ0n) is 10.3. The van der Waals surface area contributed by atoms with Gasteiger partial charge in [0, 0.05) is 13.0 Å². The molecule has 1 aromatic carbocycles.